The molecule has 120 valence electrons. The van der Waals surface area contributed by atoms with Crippen molar-refractivity contribution in [3.8, 4) is 0 Å². The van der Waals surface area contributed by atoms with Crippen LogP contribution in [0.25, 0.3) is 0 Å². The van der Waals surface area contributed by atoms with E-state index in [1.54, 1.807) is 31.4 Å². The van der Waals surface area contributed by atoms with Gasteiger partial charge in [-0.05, 0) is 24.6 Å². The smallest absolute Gasteiger partial charge is 0.334 e. The molecular formula is C15H19NO5S. The zero-order valence-corrected chi connectivity index (χ0v) is 13.3. The summed E-state index contributed by atoms with van der Waals surface area (Å²) in [5, 5.41) is 9.07. The van der Waals surface area contributed by atoms with Crippen molar-refractivity contribution in [3.05, 3.63) is 35.4 Å². The second-order valence-corrected chi connectivity index (χ2v) is 6.84. The number of benzene rings is 1. The minimum absolute atomic E-state index is 0.0302. The lowest BCUT2D eigenvalue weighted by molar-refractivity contribution is -0.160. The average molecular weight is 325 g/mol. The summed E-state index contributed by atoms with van der Waals surface area (Å²) < 4.78 is 16.6. The molecule has 1 aliphatic heterocycles. The molecule has 1 heterocycles. The molecule has 2 rings (SSSR count). The van der Waals surface area contributed by atoms with E-state index in [4.69, 9.17) is 9.84 Å². The summed E-state index contributed by atoms with van der Waals surface area (Å²) in [7, 11) is -0.983. The maximum atomic E-state index is 12.6. The van der Waals surface area contributed by atoms with E-state index in [0.29, 0.717) is 17.9 Å². The minimum Gasteiger partial charge on any atom is -0.479 e. The lowest BCUT2D eigenvalue weighted by Gasteiger charge is -2.35. The molecular weight excluding hydrogens is 306 g/mol. The van der Waals surface area contributed by atoms with Gasteiger partial charge >= 0.3 is 5.97 Å². The molecule has 3 atom stereocenters. The van der Waals surface area contributed by atoms with Crippen molar-refractivity contribution in [2.45, 2.75) is 24.9 Å². The fraction of sp³-hybridized carbons (Fsp3) is 0.467. The number of amides is 1. The molecule has 1 fully saturated rings. The van der Waals surface area contributed by atoms with Gasteiger partial charge < -0.3 is 14.7 Å². The van der Waals surface area contributed by atoms with Crippen LogP contribution in [0.3, 0.4) is 0 Å². The Kier molecular flexibility index (Phi) is 5.31. The number of nitrogens with zero attached hydrogens (tertiary/aromatic N) is 1. The molecule has 0 bridgehead atoms. The monoisotopic (exact) mass is 325 g/mol. The molecule has 0 aliphatic carbocycles. The van der Waals surface area contributed by atoms with Crippen LogP contribution in [0.4, 0.5) is 0 Å². The highest BCUT2D eigenvalue weighted by atomic mass is 32.2. The lowest BCUT2D eigenvalue weighted by Crippen LogP contribution is -2.51. The van der Waals surface area contributed by atoms with Gasteiger partial charge in [0.15, 0.2) is 6.10 Å². The number of hydrogen-bond donors (Lipinski definition) is 1. The average Bonchev–Trinajstić information content (AvgIpc) is 2.45. The van der Waals surface area contributed by atoms with Crippen LogP contribution < -0.4 is 0 Å². The molecule has 1 saturated heterocycles. The number of hydrogen-bond acceptors (Lipinski definition) is 4. The van der Waals surface area contributed by atoms with E-state index in [1.807, 2.05) is 6.07 Å². The Balaban J connectivity index is 2.16. The molecule has 0 aromatic heterocycles. The number of carboxylic acids is 1. The van der Waals surface area contributed by atoms with Gasteiger partial charge in [-0.3, -0.25) is 9.00 Å². The maximum Gasteiger partial charge on any atom is 0.334 e. The van der Waals surface area contributed by atoms with E-state index >= 15 is 0 Å². The Morgan fingerprint density at radius 1 is 1.41 bits per heavy atom. The standard InChI is InChI=1S/C15H19NO5S/c1-10-7-16(8-13(21-10)15(18)19)14(17)12-5-3-4-11(6-12)9-22(2)20/h3-6,10,13H,7-9H2,1-2H3,(H,18,19)/t10-,13?,22?/m1/s1. The van der Waals surface area contributed by atoms with Gasteiger partial charge in [0.2, 0.25) is 0 Å². The van der Waals surface area contributed by atoms with E-state index in [2.05, 4.69) is 0 Å². The van der Waals surface area contributed by atoms with Crippen LogP contribution in [0, 0.1) is 0 Å². The fourth-order valence-corrected chi connectivity index (χ4v) is 3.11. The third-order valence-corrected chi connectivity index (χ3v) is 4.11. The molecule has 0 saturated carbocycles. The van der Waals surface area contributed by atoms with Crippen LogP contribution in [-0.4, -0.2) is 57.6 Å². The van der Waals surface area contributed by atoms with Gasteiger partial charge in [-0.1, -0.05) is 12.1 Å². The second-order valence-electron chi connectivity index (χ2n) is 5.40. The summed E-state index contributed by atoms with van der Waals surface area (Å²) in [5.41, 5.74) is 1.30. The van der Waals surface area contributed by atoms with Crippen molar-refractivity contribution < 1.29 is 23.6 Å². The molecule has 1 aromatic rings. The van der Waals surface area contributed by atoms with Gasteiger partial charge in [-0.15, -0.1) is 0 Å². The second kappa shape index (κ2) is 7.02. The Morgan fingerprint density at radius 3 is 2.77 bits per heavy atom. The molecule has 0 radical (unpaired) electrons. The van der Waals surface area contributed by atoms with Gasteiger partial charge in [0.25, 0.3) is 5.91 Å². The predicted molar refractivity (Wildman–Crippen MR) is 82.1 cm³/mol. The molecule has 0 spiro atoms. The predicted octanol–water partition coefficient (Wildman–Crippen LogP) is 0.879. The first-order valence-electron chi connectivity index (χ1n) is 6.93. The van der Waals surface area contributed by atoms with E-state index in [1.165, 1.54) is 4.90 Å². The quantitative estimate of drug-likeness (QED) is 0.888. The first-order chi connectivity index (χ1) is 10.4. The number of ether oxygens (including phenoxy) is 1. The van der Waals surface area contributed by atoms with Crippen LogP contribution in [0.15, 0.2) is 24.3 Å². The van der Waals surface area contributed by atoms with Crippen LogP contribution in [0.2, 0.25) is 0 Å². The Hall–Kier alpha value is -1.73. The third-order valence-electron chi connectivity index (χ3n) is 3.37. The minimum atomic E-state index is -1.07. The summed E-state index contributed by atoms with van der Waals surface area (Å²) in [6.45, 7) is 2.13. The Labute approximate surface area is 131 Å². The number of aliphatic carboxylic acids is 1. The molecule has 1 amide bonds. The molecule has 7 heteroatoms. The van der Waals surface area contributed by atoms with Crippen molar-refractivity contribution in [1.29, 1.82) is 0 Å². The van der Waals surface area contributed by atoms with Crippen LogP contribution >= 0.6 is 0 Å². The van der Waals surface area contributed by atoms with Crippen molar-refractivity contribution in [2.75, 3.05) is 19.3 Å². The van der Waals surface area contributed by atoms with E-state index in [0.717, 1.165) is 5.56 Å². The van der Waals surface area contributed by atoms with Crippen LogP contribution in [0.5, 0.6) is 0 Å². The molecule has 22 heavy (non-hydrogen) atoms. The van der Waals surface area contributed by atoms with Crippen LogP contribution in [-0.2, 0) is 26.1 Å². The van der Waals surface area contributed by atoms with Gasteiger partial charge in [-0.25, -0.2) is 4.79 Å². The normalized spacial score (nSPS) is 23.1. The first-order valence-corrected chi connectivity index (χ1v) is 8.66. The van der Waals surface area contributed by atoms with Gasteiger partial charge in [-0.2, -0.15) is 0 Å². The molecule has 1 N–H and O–H groups in total. The van der Waals surface area contributed by atoms with Gasteiger partial charge in [0.05, 0.1) is 12.6 Å². The first kappa shape index (κ1) is 16.6. The van der Waals surface area contributed by atoms with Gasteiger partial charge in [0.1, 0.15) is 0 Å². The van der Waals surface area contributed by atoms with Crippen LogP contribution in [0.1, 0.15) is 22.8 Å². The highest BCUT2D eigenvalue weighted by molar-refractivity contribution is 7.83. The largest absolute Gasteiger partial charge is 0.479 e. The molecule has 6 nitrogen and oxygen atoms in total. The summed E-state index contributed by atoms with van der Waals surface area (Å²) in [6, 6.07) is 6.95. The van der Waals surface area contributed by atoms with Gasteiger partial charge in [0, 0.05) is 34.9 Å². The summed E-state index contributed by atoms with van der Waals surface area (Å²) in [5.74, 6) is -0.914. The van der Waals surface area contributed by atoms with Crippen molar-refractivity contribution in [2.24, 2.45) is 0 Å². The van der Waals surface area contributed by atoms with Crippen molar-refractivity contribution in [3.63, 3.8) is 0 Å². The molecule has 1 aromatic carbocycles. The van der Waals surface area contributed by atoms with E-state index < -0.39 is 22.9 Å². The summed E-state index contributed by atoms with van der Waals surface area (Å²) >= 11 is 0. The van der Waals surface area contributed by atoms with E-state index in [9.17, 15) is 13.8 Å². The Morgan fingerprint density at radius 2 is 2.14 bits per heavy atom. The molecule has 2 unspecified atom stereocenters. The summed E-state index contributed by atoms with van der Waals surface area (Å²) in [4.78, 5) is 25.1. The zero-order chi connectivity index (χ0) is 16.3. The topological polar surface area (TPSA) is 83.9 Å². The van der Waals surface area contributed by atoms with Crippen molar-refractivity contribution in [1.82, 2.24) is 4.90 Å². The highest BCUT2D eigenvalue weighted by Gasteiger charge is 2.33. The third kappa shape index (κ3) is 4.14. The molecule has 1 aliphatic rings. The van der Waals surface area contributed by atoms with E-state index in [-0.39, 0.29) is 18.6 Å². The zero-order valence-electron chi connectivity index (χ0n) is 12.5. The summed E-state index contributed by atoms with van der Waals surface area (Å²) in [6.07, 6.45) is 0.277. The number of morpholine rings is 1. The fourth-order valence-electron chi connectivity index (χ4n) is 2.47. The number of rotatable bonds is 4. The Bertz CT molecular complexity index is 603. The lowest BCUT2D eigenvalue weighted by atomic mass is 10.1. The number of carboxylic acid groups (broad SMARTS) is 1. The maximum absolute atomic E-state index is 12.6. The highest BCUT2D eigenvalue weighted by Crippen LogP contribution is 2.16. The van der Waals surface area contributed by atoms with Crippen molar-refractivity contribution >= 4 is 22.7 Å². The number of carbonyl (C=O) groups is 2. The SMILES string of the molecule is C[C@@H]1CN(C(=O)c2cccc(CS(C)=O)c2)CC(C(=O)O)O1. The number of carbonyl (C=O) groups excluding carboxylic acids is 1.